The molecule has 1 unspecified atom stereocenters. The van der Waals surface area contributed by atoms with E-state index in [0.29, 0.717) is 12.6 Å². The molecule has 1 fully saturated rings. The second-order valence-electron chi connectivity index (χ2n) is 3.85. The summed E-state index contributed by atoms with van der Waals surface area (Å²) in [6.45, 7) is 6.56. The van der Waals surface area contributed by atoms with Crippen LogP contribution in [0.25, 0.3) is 0 Å². The molecule has 0 aromatic rings. The quantitative estimate of drug-likeness (QED) is 0.651. The van der Waals surface area contributed by atoms with E-state index in [0.717, 1.165) is 6.54 Å². The van der Waals surface area contributed by atoms with Crippen LogP contribution in [-0.4, -0.2) is 37.1 Å². The van der Waals surface area contributed by atoms with Gasteiger partial charge < -0.3 is 10.2 Å². The average Bonchev–Trinajstić information content (AvgIpc) is 2.16. The van der Waals surface area contributed by atoms with Gasteiger partial charge in [-0.05, 0) is 32.9 Å². The Bertz CT molecular complexity index is 165. The maximum Gasteiger partial charge on any atom is 0.0576 e. The molecule has 0 aliphatic carbocycles. The number of nitrogens with one attached hydrogen (secondary N) is 1. The highest BCUT2D eigenvalue weighted by Gasteiger charge is 2.12. The van der Waals surface area contributed by atoms with E-state index in [4.69, 9.17) is 6.42 Å². The predicted molar refractivity (Wildman–Crippen MR) is 56.6 cm³/mol. The molecule has 13 heavy (non-hydrogen) atoms. The van der Waals surface area contributed by atoms with E-state index in [1.165, 1.54) is 32.4 Å². The van der Waals surface area contributed by atoms with Crippen molar-refractivity contribution in [1.82, 2.24) is 10.2 Å². The van der Waals surface area contributed by atoms with Crippen molar-refractivity contribution < 1.29 is 0 Å². The Morgan fingerprint density at radius 3 is 2.69 bits per heavy atom. The largest absolute Gasteiger partial charge is 0.302 e. The normalized spacial score (nSPS) is 20.9. The number of nitrogens with zero attached hydrogens (tertiary/aromatic N) is 1. The molecule has 0 amide bonds. The number of piperidine rings is 1. The lowest BCUT2D eigenvalue weighted by molar-refractivity contribution is 0.211. The molecule has 0 aromatic carbocycles. The number of rotatable bonds is 4. The minimum atomic E-state index is 0.522. The third-order valence-corrected chi connectivity index (χ3v) is 2.53. The van der Waals surface area contributed by atoms with Crippen LogP contribution in [-0.2, 0) is 0 Å². The molecule has 0 radical (unpaired) electrons. The molecule has 1 saturated heterocycles. The van der Waals surface area contributed by atoms with Crippen LogP contribution in [0.3, 0.4) is 0 Å². The van der Waals surface area contributed by atoms with Crippen molar-refractivity contribution in [3.63, 3.8) is 0 Å². The van der Waals surface area contributed by atoms with Gasteiger partial charge >= 0.3 is 0 Å². The van der Waals surface area contributed by atoms with Gasteiger partial charge in [-0.2, -0.15) is 0 Å². The Kier molecular flexibility index (Phi) is 4.88. The maximum atomic E-state index is 5.18. The fourth-order valence-corrected chi connectivity index (χ4v) is 1.83. The lowest BCUT2D eigenvalue weighted by atomic mass is 10.1. The fourth-order valence-electron chi connectivity index (χ4n) is 1.83. The highest BCUT2D eigenvalue weighted by atomic mass is 15.1. The summed E-state index contributed by atoms with van der Waals surface area (Å²) < 4.78 is 0. The lowest BCUT2D eigenvalue weighted by Gasteiger charge is -2.29. The zero-order valence-electron chi connectivity index (χ0n) is 8.55. The summed E-state index contributed by atoms with van der Waals surface area (Å²) in [4.78, 5) is 2.53. The zero-order chi connectivity index (χ0) is 9.52. The Balaban J connectivity index is 2.11. The van der Waals surface area contributed by atoms with Gasteiger partial charge in [0, 0.05) is 12.6 Å². The molecule has 2 heteroatoms. The van der Waals surface area contributed by atoms with Crippen LogP contribution in [0.5, 0.6) is 0 Å². The Morgan fingerprint density at radius 1 is 1.38 bits per heavy atom. The molecule has 1 heterocycles. The van der Waals surface area contributed by atoms with E-state index in [-0.39, 0.29) is 0 Å². The average molecular weight is 180 g/mol. The van der Waals surface area contributed by atoms with Gasteiger partial charge in [-0.15, -0.1) is 6.42 Å². The smallest absolute Gasteiger partial charge is 0.0576 e. The summed E-state index contributed by atoms with van der Waals surface area (Å²) in [7, 11) is 0. The molecule has 0 bridgehead atoms. The van der Waals surface area contributed by atoms with E-state index in [1.807, 2.05) is 0 Å². The second kappa shape index (κ2) is 6.01. The van der Waals surface area contributed by atoms with Crippen LogP contribution < -0.4 is 5.32 Å². The molecular weight excluding hydrogens is 160 g/mol. The number of hydrogen-bond donors (Lipinski definition) is 1. The van der Waals surface area contributed by atoms with E-state index in [2.05, 4.69) is 23.1 Å². The van der Waals surface area contributed by atoms with Crippen molar-refractivity contribution in [2.24, 2.45) is 0 Å². The molecule has 0 aromatic heterocycles. The van der Waals surface area contributed by atoms with Crippen molar-refractivity contribution in [2.45, 2.75) is 32.2 Å². The summed E-state index contributed by atoms with van der Waals surface area (Å²) >= 11 is 0. The van der Waals surface area contributed by atoms with Crippen LogP contribution in [0.2, 0.25) is 0 Å². The molecule has 1 aliphatic rings. The monoisotopic (exact) mass is 180 g/mol. The van der Waals surface area contributed by atoms with Gasteiger partial charge in [-0.1, -0.05) is 12.3 Å². The minimum absolute atomic E-state index is 0.522. The third-order valence-electron chi connectivity index (χ3n) is 2.53. The molecule has 1 N–H and O–H groups in total. The standard InChI is InChI=1S/C11H20N2/c1-3-7-12-11(2)10-13-8-5-4-6-9-13/h1,11-12H,4-10H2,2H3. The van der Waals surface area contributed by atoms with E-state index < -0.39 is 0 Å². The Morgan fingerprint density at radius 2 is 2.08 bits per heavy atom. The first-order chi connectivity index (χ1) is 6.33. The van der Waals surface area contributed by atoms with Gasteiger partial charge in [0.2, 0.25) is 0 Å². The number of likely N-dealkylation sites (tertiary alicyclic amines) is 1. The predicted octanol–water partition coefficient (Wildman–Crippen LogP) is 1.08. The maximum absolute atomic E-state index is 5.18. The topological polar surface area (TPSA) is 15.3 Å². The molecular formula is C11H20N2. The molecule has 74 valence electrons. The van der Waals surface area contributed by atoms with Crippen molar-refractivity contribution in [1.29, 1.82) is 0 Å². The van der Waals surface area contributed by atoms with Crippen LogP contribution in [0.1, 0.15) is 26.2 Å². The zero-order valence-corrected chi connectivity index (χ0v) is 8.55. The molecule has 0 spiro atoms. The highest BCUT2D eigenvalue weighted by Crippen LogP contribution is 2.08. The van der Waals surface area contributed by atoms with Gasteiger partial charge in [-0.3, -0.25) is 0 Å². The molecule has 0 saturated carbocycles. The molecule has 1 rings (SSSR count). The first kappa shape index (κ1) is 10.6. The summed E-state index contributed by atoms with van der Waals surface area (Å²) in [5.74, 6) is 2.61. The fraction of sp³-hybridized carbons (Fsp3) is 0.818. The third kappa shape index (κ3) is 4.31. The van der Waals surface area contributed by atoms with Gasteiger partial charge in [0.05, 0.1) is 6.54 Å². The van der Waals surface area contributed by atoms with Crippen LogP contribution in [0.4, 0.5) is 0 Å². The molecule has 2 nitrogen and oxygen atoms in total. The van der Waals surface area contributed by atoms with Gasteiger partial charge in [0.15, 0.2) is 0 Å². The summed E-state index contributed by atoms with van der Waals surface area (Å²) in [5.41, 5.74) is 0. The van der Waals surface area contributed by atoms with Crippen LogP contribution in [0, 0.1) is 12.3 Å². The van der Waals surface area contributed by atoms with Crippen molar-refractivity contribution in [2.75, 3.05) is 26.2 Å². The summed E-state index contributed by atoms with van der Waals surface area (Å²) in [6.07, 6.45) is 9.32. The van der Waals surface area contributed by atoms with Crippen molar-refractivity contribution in [3.8, 4) is 12.3 Å². The minimum Gasteiger partial charge on any atom is -0.302 e. The highest BCUT2D eigenvalue weighted by molar-refractivity contribution is 4.88. The number of hydrogen-bond acceptors (Lipinski definition) is 2. The molecule has 1 atom stereocenters. The van der Waals surface area contributed by atoms with E-state index in [9.17, 15) is 0 Å². The SMILES string of the molecule is C#CCNC(C)CN1CCCCC1. The first-order valence-electron chi connectivity index (χ1n) is 5.22. The van der Waals surface area contributed by atoms with Crippen LogP contribution >= 0.6 is 0 Å². The van der Waals surface area contributed by atoms with Crippen molar-refractivity contribution in [3.05, 3.63) is 0 Å². The van der Waals surface area contributed by atoms with Gasteiger partial charge in [0.1, 0.15) is 0 Å². The Labute approximate surface area is 81.7 Å². The Hall–Kier alpha value is -0.520. The van der Waals surface area contributed by atoms with Gasteiger partial charge in [0.25, 0.3) is 0 Å². The van der Waals surface area contributed by atoms with Gasteiger partial charge in [-0.25, -0.2) is 0 Å². The number of terminal acetylenes is 1. The summed E-state index contributed by atoms with van der Waals surface area (Å²) in [5, 5.41) is 3.30. The summed E-state index contributed by atoms with van der Waals surface area (Å²) in [6, 6.07) is 0.522. The molecule has 1 aliphatic heterocycles. The van der Waals surface area contributed by atoms with Crippen LogP contribution in [0.15, 0.2) is 0 Å². The van der Waals surface area contributed by atoms with E-state index in [1.54, 1.807) is 0 Å². The van der Waals surface area contributed by atoms with E-state index >= 15 is 0 Å². The lowest BCUT2D eigenvalue weighted by Crippen LogP contribution is -2.41. The first-order valence-corrected chi connectivity index (χ1v) is 5.22. The van der Waals surface area contributed by atoms with Crippen molar-refractivity contribution >= 4 is 0 Å². The second-order valence-corrected chi connectivity index (χ2v) is 3.85.